The molecule has 2 rings (SSSR count). The highest BCUT2D eigenvalue weighted by molar-refractivity contribution is 9.10. The zero-order valence-corrected chi connectivity index (χ0v) is 14.5. The molecule has 0 aliphatic heterocycles. The monoisotopic (exact) mass is 409 g/mol. The van der Waals surface area contributed by atoms with Gasteiger partial charge in [0.2, 0.25) is 0 Å². The van der Waals surface area contributed by atoms with Crippen molar-refractivity contribution in [3.8, 4) is 0 Å². The number of hydrogen-bond donors (Lipinski definition) is 2. The van der Waals surface area contributed by atoms with Gasteiger partial charge in [0.25, 0.3) is 10.0 Å². The molecule has 2 N–H and O–H groups in total. The van der Waals surface area contributed by atoms with Crippen molar-refractivity contribution >= 4 is 60.5 Å². The number of nitrogens with one attached hydrogen (secondary N) is 1. The highest BCUT2D eigenvalue weighted by Crippen LogP contribution is 2.30. The van der Waals surface area contributed by atoms with Gasteiger partial charge in [-0.15, -0.1) is 11.3 Å². The topological polar surface area (TPSA) is 83.5 Å². The number of carbonyl (C=O) groups is 1. The Morgan fingerprint density at radius 2 is 2.10 bits per heavy atom. The molecule has 112 valence electrons. The first-order valence-corrected chi connectivity index (χ1v) is 9.05. The van der Waals surface area contributed by atoms with E-state index in [-0.39, 0.29) is 15.5 Å². The number of aryl methyl sites for hydroxylation is 1. The van der Waals surface area contributed by atoms with Gasteiger partial charge in [0.1, 0.15) is 9.77 Å². The molecule has 0 aliphatic carbocycles. The number of sulfonamides is 1. The van der Waals surface area contributed by atoms with Gasteiger partial charge >= 0.3 is 5.97 Å². The highest BCUT2D eigenvalue weighted by Gasteiger charge is 2.27. The van der Waals surface area contributed by atoms with Crippen LogP contribution in [0, 0.1) is 6.92 Å². The molecule has 1 aromatic heterocycles. The molecule has 21 heavy (non-hydrogen) atoms. The predicted octanol–water partition coefficient (Wildman–Crippen LogP) is 3.97. The average Bonchev–Trinajstić information content (AvgIpc) is 2.76. The lowest BCUT2D eigenvalue weighted by atomic mass is 10.3. The highest BCUT2D eigenvalue weighted by atomic mass is 79.9. The Morgan fingerprint density at radius 3 is 2.67 bits per heavy atom. The first kappa shape index (κ1) is 16.3. The quantitative estimate of drug-likeness (QED) is 0.799. The summed E-state index contributed by atoms with van der Waals surface area (Å²) in [6, 6.07) is 4.56. The Morgan fingerprint density at radius 1 is 1.43 bits per heavy atom. The summed E-state index contributed by atoms with van der Waals surface area (Å²) < 4.78 is 27.7. The van der Waals surface area contributed by atoms with Crippen LogP contribution in [0.4, 0.5) is 5.69 Å². The molecule has 0 amide bonds. The SMILES string of the molecule is Cc1csc(C(=O)O)c1S(=O)(=O)Nc1ccc(Br)c(Cl)c1. The van der Waals surface area contributed by atoms with Gasteiger partial charge in [-0.1, -0.05) is 11.6 Å². The largest absolute Gasteiger partial charge is 0.477 e. The Labute approximate surface area is 138 Å². The van der Waals surface area contributed by atoms with Gasteiger partial charge in [-0.2, -0.15) is 0 Å². The minimum absolute atomic E-state index is 0.219. The number of anilines is 1. The molecule has 1 heterocycles. The molecule has 0 saturated carbocycles. The Balaban J connectivity index is 2.45. The van der Waals surface area contributed by atoms with Crippen molar-refractivity contribution in [2.75, 3.05) is 4.72 Å². The molecule has 0 spiro atoms. The van der Waals surface area contributed by atoms with Crippen LogP contribution in [0.25, 0.3) is 0 Å². The molecule has 2 aromatic rings. The number of aromatic carboxylic acids is 1. The van der Waals surface area contributed by atoms with E-state index >= 15 is 0 Å². The molecule has 0 atom stereocenters. The van der Waals surface area contributed by atoms with Crippen LogP contribution in [-0.2, 0) is 10.0 Å². The predicted molar refractivity (Wildman–Crippen MR) is 86.0 cm³/mol. The summed E-state index contributed by atoms with van der Waals surface area (Å²) in [5.74, 6) is -1.28. The first-order valence-electron chi connectivity index (χ1n) is 5.51. The minimum atomic E-state index is -4.00. The average molecular weight is 411 g/mol. The van der Waals surface area contributed by atoms with E-state index in [2.05, 4.69) is 20.7 Å². The lowest BCUT2D eigenvalue weighted by Gasteiger charge is -2.09. The fourth-order valence-electron chi connectivity index (χ4n) is 1.68. The number of hydrogen-bond acceptors (Lipinski definition) is 4. The lowest BCUT2D eigenvalue weighted by molar-refractivity contribution is 0.0698. The Hall–Kier alpha value is -1.09. The van der Waals surface area contributed by atoms with E-state index in [1.165, 1.54) is 17.5 Å². The number of halogens is 2. The summed E-state index contributed by atoms with van der Waals surface area (Å²) in [6.07, 6.45) is 0. The van der Waals surface area contributed by atoms with Crippen LogP contribution in [0.2, 0.25) is 5.02 Å². The van der Waals surface area contributed by atoms with Gasteiger partial charge in [0.15, 0.2) is 0 Å². The van der Waals surface area contributed by atoms with Crippen LogP contribution in [-0.4, -0.2) is 19.5 Å². The summed E-state index contributed by atoms with van der Waals surface area (Å²) in [5, 5.41) is 10.9. The Kier molecular flexibility index (Phi) is 4.62. The Bertz CT molecular complexity index is 817. The molecule has 0 bridgehead atoms. The fraction of sp³-hybridized carbons (Fsp3) is 0.0833. The fourth-order valence-corrected chi connectivity index (χ4v) is 4.79. The van der Waals surface area contributed by atoms with E-state index < -0.39 is 16.0 Å². The van der Waals surface area contributed by atoms with Crippen LogP contribution in [0.1, 0.15) is 15.2 Å². The summed E-state index contributed by atoms with van der Waals surface area (Å²) in [5.41, 5.74) is 0.637. The van der Waals surface area contributed by atoms with Crippen LogP contribution in [0.5, 0.6) is 0 Å². The number of benzene rings is 1. The number of carboxylic acid groups (broad SMARTS) is 1. The summed E-state index contributed by atoms with van der Waals surface area (Å²) in [4.78, 5) is 10.7. The second-order valence-corrected chi connectivity index (χ2v) is 7.88. The maximum Gasteiger partial charge on any atom is 0.347 e. The van der Waals surface area contributed by atoms with Gasteiger partial charge in [0, 0.05) is 4.47 Å². The molecule has 0 aliphatic rings. The molecule has 1 aromatic carbocycles. The van der Waals surface area contributed by atoms with Crippen molar-refractivity contribution in [1.82, 2.24) is 0 Å². The standard InChI is InChI=1S/C12H9BrClNO4S2/c1-6-5-20-10(12(16)17)11(6)21(18,19)15-7-2-3-8(13)9(14)4-7/h2-5,15H,1H3,(H,16,17). The molecule has 0 unspecified atom stereocenters. The van der Waals surface area contributed by atoms with Crippen molar-refractivity contribution < 1.29 is 18.3 Å². The molecular formula is C12H9BrClNO4S2. The second-order valence-electron chi connectivity index (χ2n) is 4.12. The third-order valence-corrected chi connectivity index (χ3v) is 6.57. The van der Waals surface area contributed by atoms with E-state index in [0.29, 0.717) is 15.1 Å². The summed E-state index contributed by atoms with van der Waals surface area (Å²) >= 11 is 9.99. The van der Waals surface area contributed by atoms with Crippen LogP contribution in [0.3, 0.4) is 0 Å². The van der Waals surface area contributed by atoms with E-state index in [9.17, 15) is 13.2 Å². The van der Waals surface area contributed by atoms with E-state index in [1.807, 2.05) is 0 Å². The third kappa shape index (κ3) is 3.39. The summed E-state index contributed by atoms with van der Waals surface area (Å²) in [7, 11) is -4.00. The van der Waals surface area contributed by atoms with Gasteiger partial charge < -0.3 is 5.11 Å². The molecule has 0 radical (unpaired) electrons. The minimum Gasteiger partial charge on any atom is -0.477 e. The van der Waals surface area contributed by atoms with Crippen LogP contribution < -0.4 is 4.72 Å². The lowest BCUT2D eigenvalue weighted by Crippen LogP contribution is -2.16. The normalized spacial score (nSPS) is 11.4. The molecular weight excluding hydrogens is 402 g/mol. The van der Waals surface area contributed by atoms with Gasteiger partial charge in [-0.25, -0.2) is 13.2 Å². The smallest absolute Gasteiger partial charge is 0.347 e. The molecule has 0 fully saturated rings. The van der Waals surface area contributed by atoms with Gasteiger partial charge in [-0.3, -0.25) is 4.72 Å². The van der Waals surface area contributed by atoms with E-state index in [0.717, 1.165) is 11.3 Å². The van der Waals surface area contributed by atoms with Gasteiger partial charge in [-0.05, 0) is 52.0 Å². The van der Waals surface area contributed by atoms with Crippen LogP contribution >= 0.6 is 38.9 Å². The second kappa shape index (κ2) is 5.96. The van der Waals surface area contributed by atoms with E-state index in [4.69, 9.17) is 16.7 Å². The maximum atomic E-state index is 12.4. The van der Waals surface area contributed by atoms with Crippen molar-refractivity contribution in [1.29, 1.82) is 0 Å². The van der Waals surface area contributed by atoms with Crippen molar-refractivity contribution in [3.63, 3.8) is 0 Å². The number of thiophene rings is 1. The number of carboxylic acids is 1. The summed E-state index contributed by atoms with van der Waals surface area (Å²) in [6.45, 7) is 1.55. The molecule has 0 saturated heterocycles. The molecule has 5 nitrogen and oxygen atoms in total. The first-order chi connectivity index (χ1) is 9.72. The maximum absolute atomic E-state index is 12.4. The zero-order chi connectivity index (χ0) is 15.8. The van der Waals surface area contributed by atoms with Crippen molar-refractivity contribution in [2.24, 2.45) is 0 Å². The van der Waals surface area contributed by atoms with Crippen molar-refractivity contribution in [3.05, 3.63) is 43.5 Å². The molecule has 9 heteroatoms. The third-order valence-electron chi connectivity index (χ3n) is 2.55. The van der Waals surface area contributed by atoms with Crippen molar-refractivity contribution in [2.45, 2.75) is 11.8 Å². The van der Waals surface area contributed by atoms with Gasteiger partial charge in [0.05, 0.1) is 10.7 Å². The number of rotatable bonds is 4. The van der Waals surface area contributed by atoms with Crippen LogP contribution in [0.15, 0.2) is 32.9 Å². The zero-order valence-electron chi connectivity index (χ0n) is 10.6. The van der Waals surface area contributed by atoms with E-state index in [1.54, 1.807) is 13.0 Å².